The van der Waals surface area contributed by atoms with Gasteiger partial charge >= 0.3 is 0 Å². The highest BCUT2D eigenvalue weighted by Gasteiger charge is 2.05. The van der Waals surface area contributed by atoms with Gasteiger partial charge in [-0.3, -0.25) is 4.79 Å². The molecule has 0 aliphatic carbocycles. The van der Waals surface area contributed by atoms with Crippen LogP contribution in [0.25, 0.3) is 0 Å². The SMILES string of the molecule is CCOc1ccccc1CCCNC(=O)CSc1ccc(OC)cc1. The Morgan fingerprint density at radius 3 is 2.60 bits per heavy atom. The van der Waals surface area contributed by atoms with E-state index in [4.69, 9.17) is 9.47 Å². The summed E-state index contributed by atoms with van der Waals surface area (Å²) >= 11 is 1.52. The summed E-state index contributed by atoms with van der Waals surface area (Å²) in [4.78, 5) is 13.0. The van der Waals surface area contributed by atoms with Crippen molar-refractivity contribution in [2.75, 3.05) is 26.0 Å². The summed E-state index contributed by atoms with van der Waals surface area (Å²) in [5.74, 6) is 2.23. The summed E-state index contributed by atoms with van der Waals surface area (Å²) in [5, 5.41) is 2.97. The number of nitrogens with one attached hydrogen (secondary N) is 1. The number of thioether (sulfide) groups is 1. The van der Waals surface area contributed by atoms with Crippen molar-refractivity contribution in [3.8, 4) is 11.5 Å². The zero-order valence-corrected chi connectivity index (χ0v) is 15.6. The third kappa shape index (κ3) is 6.70. The van der Waals surface area contributed by atoms with E-state index in [-0.39, 0.29) is 5.91 Å². The minimum Gasteiger partial charge on any atom is -0.497 e. The summed E-state index contributed by atoms with van der Waals surface area (Å²) < 4.78 is 10.7. The van der Waals surface area contributed by atoms with Gasteiger partial charge in [-0.25, -0.2) is 0 Å². The van der Waals surface area contributed by atoms with Crippen LogP contribution in [0.3, 0.4) is 0 Å². The fourth-order valence-electron chi connectivity index (χ4n) is 2.39. The van der Waals surface area contributed by atoms with E-state index in [0.29, 0.717) is 18.9 Å². The Morgan fingerprint density at radius 2 is 1.88 bits per heavy atom. The molecule has 0 unspecified atom stereocenters. The van der Waals surface area contributed by atoms with E-state index < -0.39 is 0 Å². The van der Waals surface area contributed by atoms with Crippen LogP contribution in [0.1, 0.15) is 18.9 Å². The average Bonchev–Trinajstić information content (AvgIpc) is 2.65. The maximum absolute atomic E-state index is 11.9. The van der Waals surface area contributed by atoms with E-state index >= 15 is 0 Å². The van der Waals surface area contributed by atoms with Crippen LogP contribution in [-0.2, 0) is 11.2 Å². The fourth-order valence-corrected chi connectivity index (χ4v) is 3.11. The van der Waals surface area contributed by atoms with Crippen molar-refractivity contribution in [1.29, 1.82) is 0 Å². The summed E-state index contributed by atoms with van der Waals surface area (Å²) in [6, 6.07) is 15.8. The maximum Gasteiger partial charge on any atom is 0.230 e. The quantitative estimate of drug-likeness (QED) is 0.516. The lowest BCUT2D eigenvalue weighted by Crippen LogP contribution is -2.26. The number of hydrogen-bond acceptors (Lipinski definition) is 4. The first kappa shape index (κ1) is 19.2. The zero-order valence-electron chi connectivity index (χ0n) is 14.8. The van der Waals surface area contributed by atoms with Crippen LogP contribution in [-0.4, -0.2) is 31.9 Å². The number of aryl methyl sites for hydroxylation is 1. The van der Waals surface area contributed by atoms with Gasteiger partial charge in [-0.2, -0.15) is 0 Å². The molecule has 0 aromatic heterocycles. The molecule has 4 nitrogen and oxygen atoms in total. The third-order valence-electron chi connectivity index (χ3n) is 3.65. The van der Waals surface area contributed by atoms with E-state index in [9.17, 15) is 4.79 Å². The van der Waals surface area contributed by atoms with E-state index in [1.165, 1.54) is 17.3 Å². The molecule has 2 aromatic rings. The van der Waals surface area contributed by atoms with Crippen LogP contribution in [0.5, 0.6) is 11.5 Å². The first-order valence-electron chi connectivity index (χ1n) is 8.47. The molecule has 1 amide bonds. The molecule has 0 fully saturated rings. The normalized spacial score (nSPS) is 10.3. The smallest absolute Gasteiger partial charge is 0.230 e. The number of methoxy groups -OCH3 is 1. The van der Waals surface area contributed by atoms with E-state index in [0.717, 1.165) is 29.2 Å². The number of para-hydroxylation sites is 1. The molecule has 0 aliphatic heterocycles. The molecule has 134 valence electrons. The second kappa shape index (κ2) is 10.7. The Labute approximate surface area is 153 Å². The molecule has 0 spiro atoms. The van der Waals surface area contributed by atoms with Crippen LogP contribution in [0.15, 0.2) is 53.4 Å². The molecule has 0 heterocycles. The molecule has 0 saturated heterocycles. The highest BCUT2D eigenvalue weighted by atomic mass is 32.2. The molecule has 0 radical (unpaired) electrons. The van der Waals surface area contributed by atoms with Crippen molar-refractivity contribution in [3.05, 3.63) is 54.1 Å². The molecule has 2 aromatic carbocycles. The summed E-state index contributed by atoms with van der Waals surface area (Å²) in [5.41, 5.74) is 1.19. The van der Waals surface area contributed by atoms with Gasteiger partial charge in [0.25, 0.3) is 0 Å². The fraction of sp³-hybridized carbons (Fsp3) is 0.350. The summed E-state index contributed by atoms with van der Waals surface area (Å²) in [6.45, 7) is 3.32. The molecule has 25 heavy (non-hydrogen) atoms. The molecule has 0 saturated carbocycles. The second-order valence-electron chi connectivity index (χ2n) is 5.46. The lowest BCUT2D eigenvalue weighted by atomic mass is 10.1. The number of carbonyl (C=O) groups is 1. The lowest BCUT2D eigenvalue weighted by Gasteiger charge is -2.10. The molecule has 5 heteroatoms. The highest BCUT2D eigenvalue weighted by molar-refractivity contribution is 8.00. The van der Waals surface area contributed by atoms with Crippen LogP contribution < -0.4 is 14.8 Å². The number of amides is 1. The first-order chi connectivity index (χ1) is 12.2. The lowest BCUT2D eigenvalue weighted by molar-refractivity contribution is -0.118. The topological polar surface area (TPSA) is 47.6 Å². The van der Waals surface area contributed by atoms with E-state index in [1.807, 2.05) is 49.4 Å². The monoisotopic (exact) mass is 359 g/mol. The minimum absolute atomic E-state index is 0.0545. The van der Waals surface area contributed by atoms with Gasteiger partial charge in [-0.05, 0) is 55.7 Å². The van der Waals surface area contributed by atoms with Crippen molar-refractivity contribution in [2.24, 2.45) is 0 Å². The van der Waals surface area contributed by atoms with Gasteiger partial charge in [0, 0.05) is 11.4 Å². The number of ether oxygens (including phenoxy) is 2. The van der Waals surface area contributed by atoms with Crippen LogP contribution in [0.2, 0.25) is 0 Å². The van der Waals surface area contributed by atoms with Gasteiger partial charge in [0.1, 0.15) is 11.5 Å². The highest BCUT2D eigenvalue weighted by Crippen LogP contribution is 2.21. The Balaban J connectivity index is 1.66. The van der Waals surface area contributed by atoms with Crippen molar-refractivity contribution < 1.29 is 14.3 Å². The molecular weight excluding hydrogens is 334 g/mol. The number of rotatable bonds is 10. The maximum atomic E-state index is 11.9. The summed E-state index contributed by atoms with van der Waals surface area (Å²) in [7, 11) is 1.64. The van der Waals surface area contributed by atoms with Gasteiger partial charge in [0.05, 0.1) is 19.5 Å². The molecule has 0 bridgehead atoms. The van der Waals surface area contributed by atoms with Crippen LogP contribution in [0, 0.1) is 0 Å². The minimum atomic E-state index is 0.0545. The van der Waals surface area contributed by atoms with Gasteiger partial charge in [-0.15, -0.1) is 11.8 Å². The second-order valence-corrected chi connectivity index (χ2v) is 6.51. The predicted molar refractivity (Wildman–Crippen MR) is 103 cm³/mol. The Kier molecular flexibility index (Phi) is 8.19. The van der Waals surface area contributed by atoms with Crippen LogP contribution in [0.4, 0.5) is 0 Å². The number of benzene rings is 2. The third-order valence-corrected chi connectivity index (χ3v) is 4.66. The van der Waals surface area contributed by atoms with Gasteiger partial charge in [-0.1, -0.05) is 18.2 Å². The van der Waals surface area contributed by atoms with E-state index in [1.54, 1.807) is 7.11 Å². The molecule has 0 atom stereocenters. The van der Waals surface area contributed by atoms with E-state index in [2.05, 4.69) is 11.4 Å². The van der Waals surface area contributed by atoms with Gasteiger partial charge in [0.15, 0.2) is 0 Å². The Bertz CT molecular complexity index is 658. The van der Waals surface area contributed by atoms with Crippen molar-refractivity contribution in [2.45, 2.75) is 24.7 Å². The zero-order chi connectivity index (χ0) is 17.9. The molecule has 1 N–H and O–H groups in total. The average molecular weight is 359 g/mol. The predicted octanol–water partition coefficient (Wildman–Crippen LogP) is 3.94. The number of carbonyl (C=O) groups excluding carboxylic acids is 1. The Morgan fingerprint density at radius 1 is 1.12 bits per heavy atom. The van der Waals surface area contributed by atoms with Crippen LogP contribution >= 0.6 is 11.8 Å². The largest absolute Gasteiger partial charge is 0.497 e. The standard InChI is InChI=1S/C20H25NO3S/c1-3-24-19-9-5-4-7-16(19)8-6-14-21-20(22)15-25-18-12-10-17(23-2)11-13-18/h4-5,7,9-13H,3,6,8,14-15H2,1-2H3,(H,21,22). The van der Waals surface area contributed by atoms with Gasteiger partial charge in [0.2, 0.25) is 5.91 Å². The molecule has 0 aliphatic rings. The first-order valence-corrected chi connectivity index (χ1v) is 9.45. The van der Waals surface area contributed by atoms with Crippen molar-refractivity contribution in [3.63, 3.8) is 0 Å². The molecule has 2 rings (SSSR count). The van der Waals surface area contributed by atoms with Crippen molar-refractivity contribution in [1.82, 2.24) is 5.32 Å². The van der Waals surface area contributed by atoms with Crippen molar-refractivity contribution >= 4 is 17.7 Å². The Hall–Kier alpha value is -2.14. The van der Waals surface area contributed by atoms with Gasteiger partial charge < -0.3 is 14.8 Å². The molecular formula is C20H25NO3S. The summed E-state index contributed by atoms with van der Waals surface area (Å²) in [6.07, 6.45) is 1.78. The number of hydrogen-bond donors (Lipinski definition) is 1.